The Labute approximate surface area is 124 Å². The zero-order chi connectivity index (χ0) is 15.0. The number of ether oxygens (including phenoxy) is 1. The first-order valence-corrected chi connectivity index (χ1v) is 7.83. The molecule has 2 saturated heterocycles. The number of nitrogens with zero attached hydrogens (tertiary/aromatic N) is 1. The molecule has 2 unspecified atom stereocenters. The molecule has 1 N–H and O–H groups in total. The van der Waals surface area contributed by atoms with Gasteiger partial charge in [-0.1, -0.05) is 19.3 Å². The van der Waals surface area contributed by atoms with Crippen LogP contribution in [-0.2, 0) is 14.3 Å². The summed E-state index contributed by atoms with van der Waals surface area (Å²) in [6, 6.07) is -0.799. The van der Waals surface area contributed by atoms with Gasteiger partial charge in [0.25, 0.3) is 0 Å². The van der Waals surface area contributed by atoms with Gasteiger partial charge in [-0.2, -0.15) is 0 Å². The third-order valence-electron chi connectivity index (χ3n) is 5.26. The molecule has 3 aliphatic rings. The summed E-state index contributed by atoms with van der Waals surface area (Å²) in [6.45, 7) is 3.12. The molecule has 0 aromatic carbocycles. The molecular formula is C15H22N2O4. The highest BCUT2D eigenvalue weighted by Crippen LogP contribution is 2.41. The van der Waals surface area contributed by atoms with E-state index < -0.39 is 17.4 Å². The van der Waals surface area contributed by atoms with Crippen LogP contribution in [0.1, 0.15) is 45.4 Å². The van der Waals surface area contributed by atoms with Crippen molar-refractivity contribution in [3.8, 4) is 0 Å². The molecule has 2 atom stereocenters. The summed E-state index contributed by atoms with van der Waals surface area (Å²) in [5.41, 5.74) is -1.01. The van der Waals surface area contributed by atoms with Crippen molar-refractivity contribution in [2.45, 2.75) is 51.5 Å². The quantitative estimate of drug-likeness (QED) is 0.782. The molecular weight excluding hydrogens is 272 g/mol. The van der Waals surface area contributed by atoms with Crippen molar-refractivity contribution in [1.82, 2.24) is 10.2 Å². The average Bonchev–Trinajstić information content (AvgIpc) is 3.00. The summed E-state index contributed by atoms with van der Waals surface area (Å²) >= 11 is 0. The van der Waals surface area contributed by atoms with E-state index in [1.165, 1.54) is 4.90 Å². The molecule has 2 aliphatic heterocycles. The Balaban J connectivity index is 1.87. The Morgan fingerprint density at radius 2 is 1.95 bits per heavy atom. The Morgan fingerprint density at radius 1 is 1.24 bits per heavy atom. The lowest BCUT2D eigenvalue weighted by Crippen LogP contribution is -2.67. The second-order valence-electron chi connectivity index (χ2n) is 6.44. The van der Waals surface area contributed by atoms with Gasteiger partial charge in [-0.3, -0.25) is 19.8 Å². The lowest BCUT2D eigenvalue weighted by molar-refractivity contribution is -0.155. The van der Waals surface area contributed by atoms with Crippen molar-refractivity contribution in [3.63, 3.8) is 0 Å². The summed E-state index contributed by atoms with van der Waals surface area (Å²) in [5, 5.41) is 2.41. The Hall–Kier alpha value is -1.43. The van der Waals surface area contributed by atoms with E-state index in [0.717, 1.165) is 25.7 Å². The van der Waals surface area contributed by atoms with Gasteiger partial charge in [-0.15, -0.1) is 0 Å². The molecule has 0 bridgehead atoms. The van der Waals surface area contributed by atoms with Crippen LogP contribution in [0.15, 0.2) is 0 Å². The molecule has 1 spiro atoms. The molecule has 4 amide bonds. The Bertz CT molecular complexity index is 464. The van der Waals surface area contributed by atoms with E-state index in [1.807, 2.05) is 6.92 Å². The first-order chi connectivity index (χ1) is 10.1. The number of carbonyl (C=O) groups is 3. The molecule has 0 aromatic heterocycles. The van der Waals surface area contributed by atoms with Crippen LogP contribution in [0.2, 0.25) is 0 Å². The van der Waals surface area contributed by atoms with E-state index in [4.69, 9.17) is 4.74 Å². The van der Waals surface area contributed by atoms with Crippen LogP contribution in [0.5, 0.6) is 0 Å². The average molecular weight is 294 g/mol. The van der Waals surface area contributed by atoms with Gasteiger partial charge in [0.05, 0.1) is 6.61 Å². The number of hydrogen-bond acceptors (Lipinski definition) is 4. The van der Waals surface area contributed by atoms with E-state index in [0.29, 0.717) is 26.1 Å². The van der Waals surface area contributed by atoms with Crippen LogP contribution < -0.4 is 5.32 Å². The lowest BCUT2D eigenvalue weighted by Gasteiger charge is -2.44. The number of barbiturate groups is 1. The Morgan fingerprint density at radius 3 is 2.57 bits per heavy atom. The largest absolute Gasteiger partial charge is 0.381 e. The Kier molecular flexibility index (Phi) is 3.73. The van der Waals surface area contributed by atoms with E-state index in [-0.39, 0.29) is 17.9 Å². The number of nitrogens with one attached hydrogen (secondary N) is 1. The van der Waals surface area contributed by atoms with Gasteiger partial charge >= 0.3 is 6.03 Å². The SMILES string of the molecule is CC(C1CCOC1)N1C(=O)NC(=O)C2(CCCCC2)C1=O. The summed E-state index contributed by atoms with van der Waals surface area (Å²) in [4.78, 5) is 38.7. The number of rotatable bonds is 2. The van der Waals surface area contributed by atoms with Crippen LogP contribution >= 0.6 is 0 Å². The van der Waals surface area contributed by atoms with Crippen LogP contribution in [0, 0.1) is 11.3 Å². The smallest absolute Gasteiger partial charge is 0.331 e. The fourth-order valence-electron chi connectivity index (χ4n) is 3.81. The van der Waals surface area contributed by atoms with Crippen molar-refractivity contribution in [1.29, 1.82) is 0 Å². The number of hydrogen-bond donors (Lipinski definition) is 1. The highest BCUT2D eigenvalue weighted by atomic mass is 16.5. The van der Waals surface area contributed by atoms with E-state index in [1.54, 1.807) is 0 Å². The van der Waals surface area contributed by atoms with Gasteiger partial charge < -0.3 is 4.74 Å². The summed E-state index contributed by atoms with van der Waals surface area (Å²) < 4.78 is 5.36. The molecule has 6 heteroatoms. The maximum Gasteiger partial charge on any atom is 0.331 e. The van der Waals surface area contributed by atoms with Crippen LogP contribution in [-0.4, -0.2) is 42.0 Å². The molecule has 2 heterocycles. The molecule has 116 valence electrons. The number of amides is 4. The minimum atomic E-state index is -1.01. The molecule has 0 aromatic rings. The number of carbonyl (C=O) groups excluding carboxylic acids is 3. The highest BCUT2D eigenvalue weighted by molar-refractivity contribution is 6.19. The predicted octanol–water partition coefficient (Wildman–Crippen LogP) is 1.44. The summed E-state index contributed by atoms with van der Waals surface area (Å²) in [6.07, 6.45) is 4.72. The van der Waals surface area contributed by atoms with Gasteiger partial charge in [-0.05, 0) is 26.2 Å². The topological polar surface area (TPSA) is 75.7 Å². The van der Waals surface area contributed by atoms with Crippen LogP contribution in [0.4, 0.5) is 4.79 Å². The normalized spacial score (nSPS) is 30.6. The first kappa shape index (κ1) is 14.5. The summed E-state index contributed by atoms with van der Waals surface area (Å²) in [5.74, 6) is -0.535. The van der Waals surface area contributed by atoms with Crippen LogP contribution in [0.25, 0.3) is 0 Å². The molecule has 6 nitrogen and oxygen atoms in total. The van der Waals surface area contributed by atoms with Crippen molar-refractivity contribution in [2.75, 3.05) is 13.2 Å². The third-order valence-corrected chi connectivity index (χ3v) is 5.26. The molecule has 0 radical (unpaired) electrons. The minimum absolute atomic E-state index is 0.161. The fourth-order valence-corrected chi connectivity index (χ4v) is 3.81. The molecule has 21 heavy (non-hydrogen) atoms. The van der Waals surface area contributed by atoms with E-state index in [9.17, 15) is 14.4 Å². The second kappa shape index (κ2) is 5.40. The molecule has 1 saturated carbocycles. The minimum Gasteiger partial charge on any atom is -0.381 e. The molecule has 1 aliphatic carbocycles. The zero-order valence-corrected chi connectivity index (χ0v) is 12.4. The number of urea groups is 1. The van der Waals surface area contributed by atoms with Crippen molar-refractivity contribution in [2.24, 2.45) is 11.3 Å². The van der Waals surface area contributed by atoms with Gasteiger partial charge in [-0.25, -0.2) is 4.79 Å². The van der Waals surface area contributed by atoms with E-state index in [2.05, 4.69) is 5.32 Å². The van der Waals surface area contributed by atoms with Crippen LogP contribution in [0.3, 0.4) is 0 Å². The standard InChI is InChI=1S/C15H22N2O4/c1-10(11-5-8-21-9-11)17-13(19)15(6-3-2-4-7-15)12(18)16-14(17)20/h10-11H,2-9H2,1H3,(H,16,18,20). The van der Waals surface area contributed by atoms with Gasteiger partial charge in [0.2, 0.25) is 11.8 Å². The van der Waals surface area contributed by atoms with Crippen molar-refractivity contribution >= 4 is 17.8 Å². The van der Waals surface area contributed by atoms with Crippen molar-refractivity contribution in [3.05, 3.63) is 0 Å². The predicted molar refractivity (Wildman–Crippen MR) is 74.3 cm³/mol. The van der Waals surface area contributed by atoms with Gasteiger partial charge in [0.15, 0.2) is 0 Å². The highest BCUT2D eigenvalue weighted by Gasteiger charge is 2.55. The van der Waals surface area contributed by atoms with E-state index >= 15 is 0 Å². The fraction of sp³-hybridized carbons (Fsp3) is 0.800. The van der Waals surface area contributed by atoms with Crippen molar-refractivity contribution < 1.29 is 19.1 Å². The maximum atomic E-state index is 12.9. The molecule has 3 rings (SSSR count). The third kappa shape index (κ3) is 2.25. The monoisotopic (exact) mass is 294 g/mol. The van der Waals surface area contributed by atoms with Gasteiger partial charge in [0, 0.05) is 18.6 Å². The second-order valence-corrected chi connectivity index (χ2v) is 6.44. The summed E-state index contributed by atoms with van der Waals surface area (Å²) in [7, 11) is 0. The number of imide groups is 2. The lowest BCUT2D eigenvalue weighted by atomic mass is 9.71. The van der Waals surface area contributed by atoms with Gasteiger partial charge in [0.1, 0.15) is 5.41 Å². The first-order valence-electron chi connectivity index (χ1n) is 7.83. The molecule has 3 fully saturated rings. The zero-order valence-electron chi connectivity index (χ0n) is 12.4. The maximum absolute atomic E-state index is 12.9.